The number of nitrogens with one attached hydrogen (secondary N) is 2. The number of aromatic amines is 2. The minimum Gasteiger partial charge on any atom is -0.457 e. The molecule has 2 aromatic rings. The maximum absolute atomic E-state index is 13.3. The fraction of sp³-hybridized carbons (Fsp3) is 0.476. The third kappa shape index (κ3) is 10.1. The molecule has 4 bridgehead atoms. The second-order valence-corrected chi connectivity index (χ2v) is 15.4. The van der Waals surface area contributed by atoms with E-state index < -0.39 is 47.2 Å². The van der Waals surface area contributed by atoms with Gasteiger partial charge in [-0.15, -0.1) is 0 Å². The summed E-state index contributed by atoms with van der Waals surface area (Å²) >= 11 is 0. The van der Waals surface area contributed by atoms with Gasteiger partial charge in [-0.25, -0.2) is 19.6 Å². The lowest BCUT2D eigenvalue weighted by Crippen LogP contribution is -2.42. The SMILES string of the molecule is C/C=C/[C@H](O)C(C)(C)[C@@H]1C/C=C\C2CC2/C=C/C=C\c2nc(c[nH]2)C(=O)O[C@H](C(C)(C)[C@H](C)O)C/C=C\[C@H]2C[C@H]2/C=C/C=C\c2nc(c[nH]2)C(=O)O1. The Balaban J connectivity index is 1.34. The summed E-state index contributed by atoms with van der Waals surface area (Å²) in [6, 6.07) is 0. The Morgan fingerprint density at radius 2 is 1.17 bits per heavy atom. The van der Waals surface area contributed by atoms with Crippen LogP contribution in [-0.2, 0) is 9.47 Å². The molecule has 0 radical (unpaired) electrons. The Hall–Kier alpha value is -4.54. The highest BCUT2D eigenvalue weighted by atomic mass is 16.6. The second-order valence-electron chi connectivity index (χ2n) is 15.4. The third-order valence-corrected chi connectivity index (χ3v) is 10.7. The molecule has 4 N–H and O–H groups in total. The molecule has 0 saturated heterocycles. The van der Waals surface area contributed by atoms with Crippen LogP contribution in [0.5, 0.6) is 0 Å². The number of hydrogen-bond donors (Lipinski definition) is 4. The zero-order valence-corrected chi connectivity index (χ0v) is 31.1. The number of carbonyl (C=O) groups is 2. The highest BCUT2D eigenvalue weighted by molar-refractivity contribution is 5.88. The van der Waals surface area contributed by atoms with Crippen LogP contribution in [0.3, 0.4) is 0 Å². The number of esters is 2. The molecule has 52 heavy (non-hydrogen) atoms. The molecule has 2 aliphatic carbocycles. The van der Waals surface area contributed by atoms with E-state index in [1.807, 2.05) is 71.1 Å². The van der Waals surface area contributed by atoms with Crippen molar-refractivity contribution in [2.45, 2.75) is 91.6 Å². The van der Waals surface area contributed by atoms with Crippen LogP contribution < -0.4 is 0 Å². The number of carbonyl (C=O) groups excluding carboxylic acids is 2. The van der Waals surface area contributed by atoms with Crippen LogP contribution in [0.25, 0.3) is 12.2 Å². The standard InChI is InChI=1S/C42H54N4O6/c1-7-14-34(48)42(5,6)36-20-13-18-31-24-29(31)16-9-10-21-37-43-25-32(45-37)39(49)51-35(41(3,4)27(2)47)19-12-17-30-23-28(30)15-8-11-22-38-44-26-33(46-38)40(50)52-36/h7-18,21-22,25-31,34-36,47-48H,19-20,23-24H2,1-6H3,(H,43,45)(H,44,46)/b14-7+,15-8+,16-9+,17-12-,18-13-,21-10-,22-11-/t27-,28+,29?,30-,31?,34-,35-,36-/m0/s1. The molecule has 8 atom stereocenters. The zero-order chi connectivity index (χ0) is 37.5. The number of aliphatic hydroxyl groups excluding tert-OH is 2. The molecule has 0 spiro atoms. The number of aromatic nitrogens is 4. The van der Waals surface area contributed by atoms with Crippen molar-refractivity contribution < 1.29 is 29.3 Å². The van der Waals surface area contributed by atoms with Gasteiger partial charge < -0.3 is 29.7 Å². The van der Waals surface area contributed by atoms with E-state index in [1.54, 1.807) is 43.6 Å². The summed E-state index contributed by atoms with van der Waals surface area (Å²) in [4.78, 5) is 41.4. The molecule has 2 aromatic heterocycles. The fourth-order valence-corrected chi connectivity index (χ4v) is 6.15. The molecule has 0 aromatic carbocycles. The lowest BCUT2D eigenvalue weighted by molar-refractivity contribution is -0.0546. The molecule has 3 aliphatic rings. The Kier molecular flexibility index (Phi) is 12.5. The predicted octanol–water partition coefficient (Wildman–Crippen LogP) is 7.57. The largest absolute Gasteiger partial charge is 0.457 e. The first-order valence-corrected chi connectivity index (χ1v) is 18.3. The van der Waals surface area contributed by atoms with E-state index >= 15 is 0 Å². The number of aliphatic hydroxyl groups is 2. The average molecular weight is 711 g/mol. The number of hydrogen-bond acceptors (Lipinski definition) is 8. The van der Waals surface area contributed by atoms with E-state index in [1.165, 1.54) is 0 Å². The second kappa shape index (κ2) is 16.9. The van der Waals surface area contributed by atoms with E-state index in [-0.39, 0.29) is 11.4 Å². The molecule has 278 valence electrons. The van der Waals surface area contributed by atoms with Gasteiger partial charge >= 0.3 is 11.9 Å². The van der Waals surface area contributed by atoms with E-state index in [9.17, 15) is 19.8 Å². The number of imidazole rings is 2. The molecule has 10 heteroatoms. The van der Waals surface area contributed by atoms with Crippen LogP contribution in [0.2, 0.25) is 0 Å². The summed E-state index contributed by atoms with van der Waals surface area (Å²) in [5, 5.41) is 21.4. The minimum absolute atomic E-state index is 0.176. The summed E-state index contributed by atoms with van der Waals surface area (Å²) in [5.74, 6) is 1.49. The molecule has 2 fully saturated rings. The molecule has 3 heterocycles. The Morgan fingerprint density at radius 1 is 0.731 bits per heavy atom. The van der Waals surface area contributed by atoms with E-state index in [4.69, 9.17) is 9.47 Å². The van der Waals surface area contributed by atoms with Gasteiger partial charge in [0.05, 0.1) is 12.2 Å². The van der Waals surface area contributed by atoms with Crippen molar-refractivity contribution in [2.24, 2.45) is 34.5 Å². The van der Waals surface area contributed by atoms with Crippen molar-refractivity contribution in [1.82, 2.24) is 19.9 Å². The van der Waals surface area contributed by atoms with Gasteiger partial charge in [0.2, 0.25) is 0 Å². The van der Waals surface area contributed by atoms with Crippen LogP contribution in [0.4, 0.5) is 0 Å². The smallest absolute Gasteiger partial charge is 0.358 e. The average Bonchev–Trinajstić information content (AvgIpc) is 3.89. The van der Waals surface area contributed by atoms with Crippen LogP contribution in [0.15, 0.2) is 85.3 Å². The minimum atomic E-state index is -0.809. The highest BCUT2D eigenvalue weighted by Gasteiger charge is 2.39. The van der Waals surface area contributed by atoms with E-state index in [0.717, 1.165) is 12.8 Å². The van der Waals surface area contributed by atoms with Crippen molar-refractivity contribution in [3.8, 4) is 0 Å². The summed E-state index contributed by atoms with van der Waals surface area (Å²) in [6.07, 6.45) is 30.8. The van der Waals surface area contributed by atoms with Crippen molar-refractivity contribution >= 4 is 24.1 Å². The van der Waals surface area contributed by atoms with Gasteiger partial charge in [0.15, 0.2) is 11.4 Å². The topological polar surface area (TPSA) is 150 Å². The van der Waals surface area contributed by atoms with E-state index in [0.29, 0.717) is 48.2 Å². The molecule has 5 rings (SSSR count). The number of nitrogens with zero attached hydrogens (tertiary/aromatic N) is 2. The highest BCUT2D eigenvalue weighted by Crippen LogP contribution is 2.42. The molecule has 0 amide bonds. The van der Waals surface area contributed by atoms with Crippen molar-refractivity contribution in [2.75, 3.05) is 0 Å². The van der Waals surface area contributed by atoms with Crippen LogP contribution in [-0.4, -0.2) is 66.5 Å². The molecular weight excluding hydrogens is 656 g/mol. The summed E-state index contributed by atoms with van der Waals surface area (Å²) in [5.41, 5.74) is -1.07. The summed E-state index contributed by atoms with van der Waals surface area (Å²) in [7, 11) is 0. The van der Waals surface area contributed by atoms with Gasteiger partial charge in [-0.2, -0.15) is 0 Å². The number of cyclic esters (lactones) is 2. The first kappa shape index (κ1) is 38.7. The summed E-state index contributed by atoms with van der Waals surface area (Å²) < 4.78 is 12.0. The van der Waals surface area contributed by atoms with Gasteiger partial charge in [-0.1, -0.05) is 101 Å². The Bertz CT molecular complexity index is 1750. The fourth-order valence-electron chi connectivity index (χ4n) is 6.15. The maximum Gasteiger partial charge on any atom is 0.358 e. The van der Waals surface area contributed by atoms with Gasteiger partial charge in [0.1, 0.15) is 23.9 Å². The van der Waals surface area contributed by atoms with Crippen LogP contribution in [0.1, 0.15) is 99.9 Å². The molecule has 10 nitrogen and oxygen atoms in total. The van der Waals surface area contributed by atoms with Crippen molar-refractivity contribution in [1.29, 1.82) is 0 Å². The Labute approximate surface area is 307 Å². The number of allylic oxidation sites excluding steroid dienone is 9. The van der Waals surface area contributed by atoms with Crippen LogP contribution >= 0.6 is 0 Å². The molecule has 2 unspecified atom stereocenters. The van der Waals surface area contributed by atoms with Gasteiger partial charge in [0.25, 0.3) is 0 Å². The van der Waals surface area contributed by atoms with Gasteiger partial charge in [-0.3, -0.25) is 0 Å². The summed E-state index contributed by atoms with van der Waals surface area (Å²) in [6.45, 7) is 11.2. The first-order valence-electron chi connectivity index (χ1n) is 18.3. The number of ether oxygens (including phenoxy) is 2. The number of H-pyrrole nitrogens is 2. The van der Waals surface area contributed by atoms with Gasteiger partial charge in [-0.05, 0) is 62.5 Å². The monoisotopic (exact) mass is 710 g/mol. The predicted molar refractivity (Wildman–Crippen MR) is 203 cm³/mol. The quantitative estimate of drug-likeness (QED) is 0.183. The zero-order valence-electron chi connectivity index (χ0n) is 31.1. The first-order chi connectivity index (χ1) is 24.8. The number of rotatable bonds is 5. The lowest BCUT2D eigenvalue weighted by atomic mass is 9.79. The maximum atomic E-state index is 13.3. The molecule has 1 aliphatic heterocycles. The third-order valence-electron chi connectivity index (χ3n) is 10.7. The van der Waals surface area contributed by atoms with Crippen molar-refractivity contribution in [3.05, 3.63) is 108 Å². The molecule has 2 saturated carbocycles. The molecular formula is C42H54N4O6. The number of fused-ring (bicyclic) bond motifs is 6. The van der Waals surface area contributed by atoms with E-state index in [2.05, 4.69) is 44.2 Å². The van der Waals surface area contributed by atoms with Gasteiger partial charge in [0, 0.05) is 36.1 Å². The normalized spacial score (nSPS) is 31.1. The lowest BCUT2D eigenvalue weighted by Gasteiger charge is -2.36. The van der Waals surface area contributed by atoms with Crippen LogP contribution in [0, 0.1) is 34.5 Å². The van der Waals surface area contributed by atoms with Crippen molar-refractivity contribution in [3.63, 3.8) is 0 Å². The Morgan fingerprint density at radius 3 is 1.62 bits per heavy atom.